The first-order chi connectivity index (χ1) is 17.7. The molecule has 0 radical (unpaired) electrons. The van der Waals surface area contributed by atoms with Gasteiger partial charge in [-0.05, 0) is 72.3 Å². The minimum Gasteiger partial charge on any atom is -0.465 e. The molecule has 0 atom stereocenters. The lowest BCUT2D eigenvalue weighted by Gasteiger charge is -2.25. The number of furan rings is 1. The van der Waals surface area contributed by atoms with Crippen LogP contribution in [0, 0.1) is 11.3 Å². The molecule has 5 rings (SSSR count). The van der Waals surface area contributed by atoms with Gasteiger partial charge in [0.15, 0.2) is 0 Å². The third-order valence-corrected chi connectivity index (χ3v) is 5.82. The summed E-state index contributed by atoms with van der Waals surface area (Å²) in [5.74, 6) is 0.0648. The van der Waals surface area contributed by atoms with E-state index in [1.807, 2.05) is 72.8 Å². The number of para-hydroxylation sites is 2. The van der Waals surface area contributed by atoms with Crippen LogP contribution in [-0.2, 0) is 9.53 Å². The average molecular weight is 471 g/mol. The van der Waals surface area contributed by atoms with Crippen LogP contribution in [0.25, 0.3) is 28.4 Å². The molecule has 0 saturated carbocycles. The number of esters is 1. The molecule has 5 heteroatoms. The number of carbonyl (C=O) groups is 1. The van der Waals surface area contributed by atoms with Crippen LogP contribution in [0.15, 0.2) is 119 Å². The van der Waals surface area contributed by atoms with Crippen molar-refractivity contribution in [2.75, 3.05) is 12.0 Å². The molecule has 0 amide bonds. The van der Waals surface area contributed by atoms with E-state index in [-0.39, 0.29) is 5.57 Å². The van der Waals surface area contributed by atoms with E-state index in [4.69, 9.17) is 4.42 Å². The van der Waals surface area contributed by atoms with Crippen LogP contribution in [0.3, 0.4) is 0 Å². The van der Waals surface area contributed by atoms with Gasteiger partial charge in [0.05, 0.1) is 7.11 Å². The van der Waals surface area contributed by atoms with Crippen molar-refractivity contribution < 1.29 is 13.9 Å². The summed E-state index contributed by atoms with van der Waals surface area (Å²) >= 11 is 0. The van der Waals surface area contributed by atoms with Crippen LogP contribution >= 0.6 is 0 Å². The quantitative estimate of drug-likeness (QED) is 0.145. The number of anilines is 3. The van der Waals surface area contributed by atoms with Crippen molar-refractivity contribution in [1.82, 2.24) is 0 Å². The van der Waals surface area contributed by atoms with E-state index < -0.39 is 5.97 Å². The molecule has 0 aliphatic heterocycles. The largest absolute Gasteiger partial charge is 0.465 e. The van der Waals surface area contributed by atoms with Gasteiger partial charge in [-0.25, -0.2) is 4.79 Å². The van der Waals surface area contributed by atoms with Gasteiger partial charge in [0.2, 0.25) is 0 Å². The third-order valence-electron chi connectivity index (χ3n) is 5.82. The van der Waals surface area contributed by atoms with Crippen LogP contribution in [0.4, 0.5) is 17.1 Å². The number of fused-ring (bicyclic) bond motifs is 1. The Morgan fingerprint density at radius 3 is 2.03 bits per heavy atom. The molecule has 174 valence electrons. The van der Waals surface area contributed by atoms with Crippen molar-refractivity contribution in [3.05, 3.63) is 120 Å². The molecule has 0 spiro atoms. The second-order valence-corrected chi connectivity index (χ2v) is 8.12. The van der Waals surface area contributed by atoms with Crippen LogP contribution in [0.1, 0.15) is 5.56 Å². The lowest BCUT2D eigenvalue weighted by atomic mass is 10.1. The van der Waals surface area contributed by atoms with Gasteiger partial charge >= 0.3 is 5.97 Å². The highest BCUT2D eigenvalue weighted by Gasteiger charge is 2.14. The zero-order valence-corrected chi connectivity index (χ0v) is 19.6. The molecule has 4 aromatic carbocycles. The standard InChI is InChI=1S/C31H22N2O3/c1-35-31(34)25(21-32)18-22-12-13-24-20-30(36-29(24)19-22)23-14-16-28(17-15-23)33(26-8-4-2-5-9-26)27-10-6-3-7-11-27/h2-20H,1H3. The molecule has 36 heavy (non-hydrogen) atoms. The fourth-order valence-electron chi connectivity index (χ4n) is 4.07. The van der Waals surface area contributed by atoms with E-state index >= 15 is 0 Å². The summed E-state index contributed by atoms with van der Waals surface area (Å²) in [5, 5.41) is 10.1. The van der Waals surface area contributed by atoms with Gasteiger partial charge in [-0.15, -0.1) is 0 Å². The number of rotatable bonds is 6. The van der Waals surface area contributed by atoms with E-state index in [9.17, 15) is 10.1 Å². The molecular formula is C31H22N2O3. The fraction of sp³-hybridized carbons (Fsp3) is 0.0323. The molecule has 1 aromatic heterocycles. The molecule has 0 fully saturated rings. The summed E-state index contributed by atoms with van der Waals surface area (Å²) in [6.45, 7) is 0. The maximum atomic E-state index is 11.7. The number of hydrogen-bond donors (Lipinski definition) is 0. The number of methoxy groups -OCH3 is 1. The number of nitrogens with zero attached hydrogens (tertiary/aromatic N) is 2. The third kappa shape index (κ3) is 4.61. The highest BCUT2D eigenvalue weighted by atomic mass is 16.5. The molecule has 1 heterocycles. The molecule has 0 bridgehead atoms. The maximum absolute atomic E-state index is 11.7. The van der Waals surface area contributed by atoms with Gasteiger partial charge in [0, 0.05) is 28.0 Å². The van der Waals surface area contributed by atoms with E-state index in [1.165, 1.54) is 13.2 Å². The first kappa shape index (κ1) is 22.7. The Morgan fingerprint density at radius 2 is 1.44 bits per heavy atom. The summed E-state index contributed by atoms with van der Waals surface area (Å²) in [5.41, 5.74) is 5.41. The number of ether oxygens (including phenoxy) is 1. The van der Waals surface area contributed by atoms with Crippen molar-refractivity contribution in [1.29, 1.82) is 5.26 Å². The van der Waals surface area contributed by atoms with Gasteiger partial charge in [-0.2, -0.15) is 5.26 Å². The Morgan fingerprint density at radius 1 is 0.833 bits per heavy atom. The van der Waals surface area contributed by atoms with Crippen molar-refractivity contribution in [3.8, 4) is 17.4 Å². The molecule has 0 aliphatic carbocycles. The Bertz CT molecular complexity index is 1540. The molecule has 5 aromatic rings. The van der Waals surface area contributed by atoms with E-state index in [1.54, 1.807) is 6.07 Å². The summed E-state index contributed by atoms with van der Waals surface area (Å²) in [6.07, 6.45) is 1.49. The van der Waals surface area contributed by atoms with Crippen LogP contribution in [0.2, 0.25) is 0 Å². The van der Waals surface area contributed by atoms with Crippen molar-refractivity contribution in [2.24, 2.45) is 0 Å². The Labute approximate surface area is 209 Å². The van der Waals surface area contributed by atoms with E-state index in [0.717, 1.165) is 33.8 Å². The first-order valence-electron chi connectivity index (χ1n) is 11.4. The predicted octanol–water partition coefficient (Wildman–Crippen LogP) is 7.65. The van der Waals surface area contributed by atoms with Gasteiger partial charge in [0.25, 0.3) is 0 Å². The average Bonchev–Trinajstić information content (AvgIpc) is 3.36. The molecule has 0 unspecified atom stereocenters. The second-order valence-electron chi connectivity index (χ2n) is 8.12. The summed E-state index contributed by atoms with van der Waals surface area (Å²) in [6, 6.07) is 38.1. The van der Waals surface area contributed by atoms with Crippen LogP contribution < -0.4 is 4.90 Å². The van der Waals surface area contributed by atoms with Gasteiger partial charge in [-0.1, -0.05) is 48.5 Å². The van der Waals surface area contributed by atoms with Crippen LogP contribution in [0.5, 0.6) is 0 Å². The summed E-state index contributed by atoms with van der Waals surface area (Å²) < 4.78 is 10.8. The topological polar surface area (TPSA) is 66.5 Å². The predicted molar refractivity (Wildman–Crippen MR) is 142 cm³/mol. The number of nitriles is 1. The zero-order chi connectivity index (χ0) is 24.9. The number of hydrogen-bond acceptors (Lipinski definition) is 5. The molecule has 0 aliphatic rings. The lowest BCUT2D eigenvalue weighted by molar-refractivity contribution is -0.135. The van der Waals surface area contributed by atoms with Crippen molar-refractivity contribution in [2.45, 2.75) is 0 Å². The van der Waals surface area contributed by atoms with Crippen LogP contribution in [-0.4, -0.2) is 13.1 Å². The minimum atomic E-state index is -0.669. The maximum Gasteiger partial charge on any atom is 0.348 e. The molecular weight excluding hydrogens is 448 g/mol. The smallest absolute Gasteiger partial charge is 0.348 e. The highest BCUT2D eigenvalue weighted by Crippen LogP contribution is 2.36. The van der Waals surface area contributed by atoms with Crippen molar-refractivity contribution >= 4 is 40.1 Å². The summed E-state index contributed by atoms with van der Waals surface area (Å²) in [4.78, 5) is 13.9. The van der Waals surface area contributed by atoms with Gasteiger partial charge in [0.1, 0.15) is 23.0 Å². The number of benzene rings is 4. The van der Waals surface area contributed by atoms with Gasteiger partial charge in [-0.3, -0.25) is 0 Å². The SMILES string of the molecule is COC(=O)C(C#N)=Cc1ccc2cc(-c3ccc(N(c4ccccc4)c4ccccc4)cc3)oc2c1. The fourth-order valence-corrected chi connectivity index (χ4v) is 4.07. The van der Waals surface area contributed by atoms with E-state index in [0.29, 0.717) is 11.1 Å². The second kappa shape index (κ2) is 10.0. The minimum absolute atomic E-state index is 0.0689. The Balaban J connectivity index is 1.47. The van der Waals surface area contributed by atoms with Crippen molar-refractivity contribution in [3.63, 3.8) is 0 Å². The zero-order valence-electron chi connectivity index (χ0n) is 19.6. The first-order valence-corrected chi connectivity index (χ1v) is 11.4. The normalized spacial score (nSPS) is 11.2. The Kier molecular flexibility index (Phi) is 6.33. The lowest BCUT2D eigenvalue weighted by Crippen LogP contribution is -2.09. The summed E-state index contributed by atoms with van der Waals surface area (Å²) in [7, 11) is 1.25. The highest BCUT2D eigenvalue weighted by molar-refractivity contribution is 5.98. The molecule has 5 nitrogen and oxygen atoms in total. The monoisotopic (exact) mass is 470 g/mol. The number of carbonyl (C=O) groups excluding carboxylic acids is 1. The Hall–Kier alpha value is -5.08. The van der Waals surface area contributed by atoms with E-state index in [2.05, 4.69) is 46.0 Å². The molecule has 0 N–H and O–H groups in total. The molecule has 0 saturated heterocycles. The van der Waals surface area contributed by atoms with Gasteiger partial charge < -0.3 is 14.1 Å².